The van der Waals surface area contributed by atoms with Crippen molar-refractivity contribution in [3.63, 3.8) is 0 Å². The second kappa shape index (κ2) is 10.6. The number of furan rings is 1. The molecule has 8 nitrogen and oxygen atoms in total. The van der Waals surface area contributed by atoms with Gasteiger partial charge < -0.3 is 24.4 Å². The summed E-state index contributed by atoms with van der Waals surface area (Å²) in [6, 6.07) is 11.6. The molecular weight excluding hydrogens is 484 g/mol. The van der Waals surface area contributed by atoms with E-state index < -0.39 is 0 Å². The third-order valence-corrected chi connectivity index (χ3v) is 7.88. The lowest BCUT2D eigenvalue weighted by Gasteiger charge is -2.35. The summed E-state index contributed by atoms with van der Waals surface area (Å²) in [5.41, 5.74) is 2.19. The summed E-state index contributed by atoms with van der Waals surface area (Å²) in [6.45, 7) is 3.71. The molecule has 1 unspecified atom stereocenters. The molecule has 0 spiro atoms. The SMILES string of the molecule is CN(C)CCN(Cc1ccco1)C(=O)C1CCN(C2=NN3C=C(c4ccc(Cl)cc4)NC3S2)CC1. The maximum Gasteiger partial charge on any atom is 0.226 e. The molecule has 1 saturated heterocycles. The summed E-state index contributed by atoms with van der Waals surface area (Å²) >= 11 is 7.73. The monoisotopic (exact) mass is 514 g/mol. The number of piperidine rings is 1. The van der Waals surface area contributed by atoms with Crippen LogP contribution in [-0.2, 0) is 11.3 Å². The molecule has 1 aromatic carbocycles. The Hall–Kier alpha value is -2.62. The first-order chi connectivity index (χ1) is 17.0. The van der Waals surface area contributed by atoms with Gasteiger partial charge in [-0.15, -0.1) is 5.10 Å². The fourth-order valence-electron chi connectivity index (χ4n) is 4.50. The van der Waals surface area contributed by atoms with E-state index in [0.717, 1.165) is 59.7 Å². The van der Waals surface area contributed by atoms with Crippen LogP contribution in [0.15, 0.2) is 58.4 Å². The highest BCUT2D eigenvalue weighted by molar-refractivity contribution is 8.14. The fraction of sp³-hybridized carbons (Fsp3) is 0.440. The van der Waals surface area contributed by atoms with Crippen molar-refractivity contribution in [1.29, 1.82) is 0 Å². The summed E-state index contributed by atoms with van der Waals surface area (Å²) in [7, 11) is 4.06. The van der Waals surface area contributed by atoms with Gasteiger partial charge in [-0.2, -0.15) is 0 Å². The Morgan fingerprint density at radius 2 is 1.97 bits per heavy atom. The fourth-order valence-corrected chi connectivity index (χ4v) is 5.70. The summed E-state index contributed by atoms with van der Waals surface area (Å²) < 4.78 is 5.51. The number of hydrogen-bond acceptors (Lipinski definition) is 8. The molecule has 3 aliphatic rings. The molecule has 0 aliphatic carbocycles. The molecule has 35 heavy (non-hydrogen) atoms. The van der Waals surface area contributed by atoms with Crippen LogP contribution in [0.2, 0.25) is 5.02 Å². The zero-order chi connectivity index (χ0) is 24.4. The lowest BCUT2D eigenvalue weighted by Crippen LogP contribution is -2.45. The van der Waals surface area contributed by atoms with E-state index in [2.05, 4.69) is 15.1 Å². The molecular formula is C25H31ClN6O2S. The predicted molar refractivity (Wildman–Crippen MR) is 140 cm³/mol. The number of hydrogen-bond donors (Lipinski definition) is 1. The van der Waals surface area contributed by atoms with Crippen LogP contribution in [0.5, 0.6) is 0 Å². The number of benzene rings is 1. The molecule has 2 aromatic rings. The average Bonchev–Trinajstić information content (AvgIpc) is 3.59. The van der Waals surface area contributed by atoms with Crippen molar-refractivity contribution in [3.8, 4) is 0 Å². The number of likely N-dealkylation sites (tertiary alicyclic amines) is 1. The number of likely N-dealkylation sites (N-methyl/N-ethyl adjacent to an activating group) is 1. The number of fused-ring (bicyclic) bond motifs is 1. The van der Waals surface area contributed by atoms with Gasteiger partial charge in [0, 0.05) is 37.1 Å². The van der Waals surface area contributed by atoms with Crippen molar-refractivity contribution < 1.29 is 9.21 Å². The number of thioether (sulfide) groups is 1. The number of amidine groups is 1. The summed E-state index contributed by atoms with van der Waals surface area (Å²) in [6.07, 6.45) is 5.37. The van der Waals surface area contributed by atoms with E-state index in [1.807, 2.05) is 66.6 Å². The van der Waals surface area contributed by atoms with Crippen molar-refractivity contribution in [2.24, 2.45) is 11.0 Å². The minimum absolute atomic E-state index is 0.0321. The predicted octanol–water partition coefficient (Wildman–Crippen LogP) is 3.74. The van der Waals surface area contributed by atoms with Crippen LogP contribution in [0.3, 0.4) is 0 Å². The average molecular weight is 515 g/mol. The van der Waals surface area contributed by atoms with Gasteiger partial charge >= 0.3 is 0 Å². The van der Waals surface area contributed by atoms with E-state index >= 15 is 0 Å². The molecule has 1 amide bonds. The van der Waals surface area contributed by atoms with Crippen LogP contribution in [0.4, 0.5) is 0 Å². The van der Waals surface area contributed by atoms with E-state index in [-0.39, 0.29) is 17.3 Å². The minimum Gasteiger partial charge on any atom is -0.467 e. The molecule has 1 aromatic heterocycles. The number of rotatable bonds is 7. The third-order valence-electron chi connectivity index (χ3n) is 6.52. The first-order valence-corrected chi connectivity index (χ1v) is 13.2. The van der Waals surface area contributed by atoms with Gasteiger partial charge in [-0.25, -0.2) is 5.01 Å². The maximum absolute atomic E-state index is 13.4. The van der Waals surface area contributed by atoms with Crippen LogP contribution in [0.25, 0.3) is 5.70 Å². The van der Waals surface area contributed by atoms with Gasteiger partial charge in [-0.05, 0) is 68.5 Å². The molecule has 1 atom stereocenters. The second-order valence-electron chi connectivity index (χ2n) is 9.33. The standard InChI is InChI=1S/C25H31ClN6O2S/c1-29(2)13-14-31(16-21-4-3-15-34-21)23(33)19-9-11-30(12-10-19)25-28-32-17-22(27-24(32)35-25)18-5-7-20(26)8-6-18/h3-8,15,17,19,24,27H,9-14,16H2,1-2H3. The maximum atomic E-state index is 13.4. The van der Waals surface area contributed by atoms with E-state index in [4.69, 9.17) is 21.1 Å². The lowest BCUT2D eigenvalue weighted by molar-refractivity contribution is -0.137. The number of carbonyl (C=O) groups is 1. The Kier molecular flexibility index (Phi) is 7.27. The zero-order valence-corrected chi connectivity index (χ0v) is 21.6. The largest absolute Gasteiger partial charge is 0.467 e. The zero-order valence-electron chi connectivity index (χ0n) is 20.1. The molecule has 1 fully saturated rings. The van der Waals surface area contributed by atoms with Gasteiger partial charge in [0.25, 0.3) is 0 Å². The summed E-state index contributed by atoms with van der Waals surface area (Å²) in [4.78, 5) is 19.8. The summed E-state index contributed by atoms with van der Waals surface area (Å²) in [5, 5.41) is 12.1. The number of nitrogens with one attached hydrogen (secondary N) is 1. The number of carbonyl (C=O) groups excluding carboxylic acids is 1. The van der Waals surface area contributed by atoms with E-state index in [0.29, 0.717) is 13.1 Å². The van der Waals surface area contributed by atoms with Crippen molar-refractivity contribution in [2.75, 3.05) is 40.3 Å². The Balaban J connectivity index is 1.17. The van der Waals surface area contributed by atoms with Crippen LogP contribution < -0.4 is 5.32 Å². The molecule has 5 rings (SSSR count). The van der Waals surface area contributed by atoms with E-state index in [9.17, 15) is 4.79 Å². The summed E-state index contributed by atoms with van der Waals surface area (Å²) in [5.74, 6) is 1.08. The normalized spacial score (nSPS) is 20.1. The highest BCUT2D eigenvalue weighted by atomic mass is 35.5. The molecule has 10 heteroatoms. The van der Waals surface area contributed by atoms with Gasteiger partial charge in [0.05, 0.1) is 24.7 Å². The molecule has 3 aliphatic heterocycles. The Morgan fingerprint density at radius 3 is 2.63 bits per heavy atom. The van der Waals surface area contributed by atoms with Gasteiger partial charge in [0.1, 0.15) is 5.76 Å². The Labute approximate surface area is 215 Å². The first-order valence-electron chi connectivity index (χ1n) is 11.9. The van der Waals surface area contributed by atoms with Gasteiger partial charge in [-0.3, -0.25) is 4.79 Å². The number of amides is 1. The molecule has 186 valence electrons. The molecule has 0 bridgehead atoms. The molecule has 0 radical (unpaired) electrons. The van der Waals surface area contributed by atoms with E-state index in [1.165, 1.54) is 0 Å². The number of halogens is 1. The van der Waals surface area contributed by atoms with Crippen molar-refractivity contribution >= 4 is 40.1 Å². The van der Waals surface area contributed by atoms with Crippen molar-refractivity contribution in [3.05, 3.63) is 65.2 Å². The van der Waals surface area contributed by atoms with Crippen LogP contribution in [0, 0.1) is 5.92 Å². The van der Waals surface area contributed by atoms with Crippen LogP contribution >= 0.6 is 23.4 Å². The minimum atomic E-state index is 0.0321. The molecule has 4 heterocycles. The first kappa shape index (κ1) is 24.1. The Bertz CT molecular complexity index is 1080. The van der Waals surface area contributed by atoms with Crippen molar-refractivity contribution in [1.82, 2.24) is 25.0 Å². The third kappa shape index (κ3) is 5.63. The van der Waals surface area contributed by atoms with Gasteiger partial charge in [0.2, 0.25) is 5.91 Å². The number of hydrazone groups is 1. The molecule has 0 saturated carbocycles. The highest BCUT2D eigenvalue weighted by Crippen LogP contribution is 2.35. The highest BCUT2D eigenvalue weighted by Gasteiger charge is 2.37. The quantitative estimate of drug-likeness (QED) is 0.603. The second-order valence-corrected chi connectivity index (χ2v) is 10.8. The van der Waals surface area contributed by atoms with Crippen molar-refractivity contribution in [2.45, 2.75) is 24.9 Å². The Morgan fingerprint density at radius 1 is 1.20 bits per heavy atom. The number of nitrogens with zero attached hydrogens (tertiary/aromatic N) is 5. The lowest BCUT2D eigenvalue weighted by atomic mass is 9.95. The van der Waals surface area contributed by atoms with Gasteiger partial charge in [0.15, 0.2) is 10.7 Å². The topological polar surface area (TPSA) is 67.6 Å². The van der Waals surface area contributed by atoms with Crippen LogP contribution in [0.1, 0.15) is 24.2 Å². The smallest absolute Gasteiger partial charge is 0.226 e. The van der Waals surface area contributed by atoms with Gasteiger partial charge in [-0.1, -0.05) is 23.7 Å². The van der Waals surface area contributed by atoms with E-state index in [1.54, 1.807) is 18.0 Å². The van der Waals surface area contributed by atoms with Crippen LogP contribution in [-0.4, -0.2) is 76.6 Å². The molecule has 1 N–H and O–H groups in total.